The number of ether oxygens (including phenoxy) is 2. The second-order valence-electron chi connectivity index (χ2n) is 6.14. The van der Waals surface area contributed by atoms with E-state index in [1.54, 1.807) is 0 Å². The van der Waals surface area contributed by atoms with Gasteiger partial charge in [0.1, 0.15) is 11.4 Å². The zero-order chi connectivity index (χ0) is 17.3. The van der Waals surface area contributed by atoms with Crippen molar-refractivity contribution in [2.45, 2.75) is 72.0 Å². The van der Waals surface area contributed by atoms with Crippen molar-refractivity contribution in [3.8, 4) is 5.75 Å². The molecule has 0 fully saturated rings. The highest BCUT2D eigenvalue weighted by Crippen LogP contribution is 2.23. The largest absolute Gasteiger partial charge is 0.491 e. The number of rotatable bonds is 10. The van der Waals surface area contributed by atoms with E-state index in [4.69, 9.17) is 9.47 Å². The fraction of sp³-hybridized carbons (Fsp3) is 0.632. The Morgan fingerprint density at radius 1 is 1.17 bits per heavy atom. The van der Waals surface area contributed by atoms with E-state index >= 15 is 0 Å². The maximum Gasteiger partial charge on any atom is 0.256 e. The Morgan fingerprint density at radius 3 is 2.35 bits per heavy atom. The van der Waals surface area contributed by atoms with Gasteiger partial charge in [0.15, 0.2) is 0 Å². The quantitative estimate of drug-likeness (QED) is 0.674. The molecule has 2 atom stereocenters. The zero-order valence-corrected chi connectivity index (χ0v) is 15.1. The molecule has 4 heteroatoms. The van der Waals surface area contributed by atoms with E-state index in [2.05, 4.69) is 19.2 Å². The summed E-state index contributed by atoms with van der Waals surface area (Å²) in [7, 11) is 0. The number of nitrogens with one attached hydrogen (secondary N) is 1. The minimum Gasteiger partial charge on any atom is -0.491 e. The Balaban J connectivity index is 2.70. The van der Waals surface area contributed by atoms with Crippen molar-refractivity contribution >= 4 is 11.6 Å². The van der Waals surface area contributed by atoms with Gasteiger partial charge in [0.25, 0.3) is 5.91 Å². The molecule has 4 nitrogen and oxygen atoms in total. The van der Waals surface area contributed by atoms with Crippen molar-refractivity contribution < 1.29 is 14.3 Å². The van der Waals surface area contributed by atoms with Gasteiger partial charge >= 0.3 is 0 Å². The third-order valence-corrected chi connectivity index (χ3v) is 3.86. The zero-order valence-electron chi connectivity index (χ0n) is 15.1. The SMILES string of the molecule is CCCO[C@@](C)(CCC)C(=O)Nc1ccc(O[C@H](C)CC)cc1. The molecule has 0 aliphatic carbocycles. The number of hydrogen-bond donors (Lipinski definition) is 1. The fourth-order valence-electron chi connectivity index (χ4n) is 2.25. The first-order valence-corrected chi connectivity index (χ1v) is 8.67. The molecule has 0 saturated heterocycles. The standard InChI is InChI=1S/C19H31NO3/c1-6-13-19(5,22-14-7-2)18(21)20-16-9-11-17(12-10-16)23-15(4)8-3/h9-12,15H,6-8,13-14H2,1-5H3,(H,20,21)/t15-,19+/m1/s1. The van der Waals surface area contributed by atoms with Crippen molar-refractivity contribution in [2.24, 2.45) is 0 Å². The average Bonchev–Trinajstić information content (AvgIpc) is 2.54. The van der Waals surface area contributed by atoms with Crippen LogP contribution in [0.15, 0.2) is 24.3 Å². The molecular formula is C19H31NO3. The van der Waals surface area contributed by atoms with E-state index < -0.39 is 5.60 Å². The molecule has 0 aliphatic rings. The van der Waals surface area contributed by atoms with E-state index in [0.717, 1.165) is 30.7 Å². The molecule has 0 unspecified atom stereocenters. The van der Waals surface area contributed by atoms with Crippen molar-refractivity contribution in [2.75, 3.05) is 11.9 Å². The van der Waals surface area contributed by atoms with Gasteiger partial charge in [0.2, 0.25) is 0 Å². The summed E-state index contributed by atoms with van der Waals surface area (Å²) >= 11 is 0. The van der Waals surface area contributed by atoms with Crippen LogP contribution in [0.4, 0.5) is 5.69 Å². The predicted octanol–water partition coefficient (Wildman–Crippen LogP) is 4.79. The van der Waals surface area contributed by atoms with Crippen molar-refractivity contribution in [3.63, 3.8) is 0 Å². The highest BCUT2D eigenvalue weighted by Gasteiger charge is 2.33. The second-order valence-corrected chi connectivity index (χ2v) is 6.14. The van der Waals surface area contributed by atoms with Crippen LogP contribution in [0.2, 0.25) is 0 Å². The summed E-state index contributed by atoms with van der Waals surface area (Å²) in [6.45, 7) is 10.7. The summed E-state index contributed by atoms with van der Waals surface area (Å²) in [6.07, 6.45) is 3.64. The van der Waals surface area contributed by atoms with Gasteiger partial charge in [-0.25, -0.2) is 0 Å². The molecule has 0 spiro atoms. The van der Waals surface area contributed by atoms with Crippen LogP contribution in [0.5, 0.6) is 5.75 Å². The van der Waals surface area contributed by atoms with Gasteiger partial charge in [0.05, 0.1) is 6.10 Å². The number of benzene rings is 1. The van der Waals surface area contributed by atoms with Crippen LogP contribution in [0, 0.1) is 0 Å². The van der Waals surface area contributed by atoms with Crippen LogP contribution in [0.3, 0.4) is 0 Å². The molecular weight excluding hydrogens is 290 g/mol. The molecule has 130 valence electrons. The van der Waals surface area contributed by atoms with E-state index in [1.165, 1.54) is 0 Å². The minimum absolute atomic E-state index is 0.0941. The molecule has 0 heterocycles. The van der Waals surface area contributed by atoms with E-state index in [9.17, 15) is 4.79 Å². The maximum atomic E-state index is 12.6. The van der Waals surface area contributed by atoms with Crippen LogP contribution in [-0.4, -0.2) is 24.2 Å². The lowest BCUT2D eigenvalue weighted by atomic mass is 9.99. The Morgan fingerprint density at radius 2 is 1.83 bits per heavy atom. The van der Waals surface area contributed by atoms with Crippen LogP contribution < -0.4 is 10.1 Å². The maximum absolute atomic E-state index is 12.6. The highest BCUT2D eigenvalue weighted by atomic mass is 16.5. The smallest absolute Gasteiger partial charge is 0.256 e. The third kappa shape index (κ3) is 6.22. The number of hydrogen-bond acceptors (Lipinski definition) is 3. The topological polar surface area (TPSA) is 47.6 Å². The van der Waals surface area contributed by atoms with Crippen LogP contribution >= 0.6 is 0 Å². The molecule has 0 radical (unpaired) electrons. The van der Waals surface area contributed by atoms with Crippen molar-refractivity contribution in [1.82, 2.24) is 0 Å². The second kappa shape index (κ2) is 9.56. The predicted molar refractivity (Wildman–Crippen MR) is 95.0 cm³/mol. The summed E-state index contributed by atoms with van der Waals surface area (Å²) in [6, 6.07) is 7.49. The van der Waals surface area contributed by atoms with Gasteiger partial charge in [-0.3, -0.25) is 4.79 Å². The molecule has 0 saturated carbocycles. The Hall–Kier alpha value is -1.55. The first-order valence-electron chi connectivity index (χ1n) is 8.67. The third-order valence-electron chi connectivity index (χ3n) is 3.86. The molecule has 0 bridgehead atoms. The number of carbonyl (C=O) groups excluding carboxylic acids is 1. The van der Waals surface area contributed by atoms with Crippen molar-refractivity contribution in [1.29, 1.82) is 0 Å². The normalized spacial score (nSPS) is 14.8. The Kier molecular flexibility index (Phi) is 8.10. The Labute approximate surface area is 140 Å². The molecule has 1 aromatic carbocycles. The van der Waals surface area contributed by atoms with Gasteiger partial charge in [-0.2, -0.15) is 0 Å². The number of carbonyl (C=O) groups is 1. The highest BCUT2D eigenvalue weighted by molar-refractivity contribution is 5.97. The molecule has 1 aromatic rings. The van der Waals surface area contributed by atoms with Crippen molar-refractivity contribution in [3.05, 3.63) is 24.3 Å². The molecule has 1 rings (SSSR count). The summed E-state index contributed by atoms with van der Waals surface area (Å²) in [5.74, 6) is 0.722. The van der Waals surface area contributed by atoms with E-state index in [0.29, 0.717) is 13.0 Å². The number of anilines is 1. The van der Waals surface area contributed by atoms with E-state index in [1.807, 2.05) is 45.0 Å². The minimum atomic E-state index is -0.781. The first-order chi connectivity index (χ1) is 10.9. The van der Waals surface area contributed by atoms with Gasteiger partial charge in [-0.15, -0.1) is 0 Å². The summed E-state index contributed by atoms with van der Waals surface area (Å²) in [4.78, 5) is 12.6. The molecule has 0 aromatic heterocycles. The molecule has 1 N–H and O–H groups in total. The molecule has 1 amide bonds. The summed E-state index contributed by atoms with van der Waals surface area (Å²) in [5.41, 5.74) is -0.0228. The summed E-state index contributed by atoms with van der Waals surface area (Å²) < 4.78 is 11.6. The fourth-order valence-corrected chi connectivity index (χ4v) is 2.25. The van der Waals surface area contributed by atoms with Gasteiger partial charge in [-0.05, 0) is 57.4 Å². The average molecular weight is 321 g/mol. The molecule has 23 heavy (non-hydrogen) atoms. The molecule has 0 aliphatic heterocycles. The van der Waals surface area contributed by atoms with Gasteiger partial charge in [0, 0.05) is 12.3 Å². The Bertz CT molecular complexity index is 472. The first kappa shape index (κ1) is 19.5. The van der Waals surface area contributed by atoms with Gasteiger partial charge < -0.3 is 14.8 Å². The van der Waals surface area contributed by atoms with Crippen LogP contribution in [0.1, 0.15) is 60.3 Å². The van der Waals surface area contributed by atoms with Gasteiger partial charge in [-0.1, -0.05) is 27.2 Å². The lowest BCUT2D eigenvalue weighted by Crippen LogP contribution is -2.43. The lowest BCUT2D eigenvalue weighted by molar-refractivity contribution is -0.140. The number of amides is 1. The van der Waals surface area contributed by atoms with Crippen LogP contribution in [0.25, 0.3) is 0 Å². The monoisotopic (exact) mass is 321 g/mol. The van der Waals surface area contributed by atoms with Crippen LogP contribution in [-0.2, 0) is 9.53 Å². The summed E-state index contributed by atoms with van der Waals surface area (Å²) in [5, 5.41) is 2.95. The van der Waals surface area contributed by atoms with E-state index in [-0.39, 0.29) is 12.0 Å². The lowest BCUT2D eigenvalue weighted by Gasteiger charge is -2.28.